The normalized spacial score (nSPS) is 17.1. The number of carbonyl (C=O) groups is 1. The van der Waals surface area contributed by atoms with Crippen molar-refractivity contribution in [3.05, 3.63) is 46.6 Å². The van der Waals surface area contributed by atoms with E-state index >= 15 is 0 Å². The molecule has 160 valence electrons. The molecular weight excluding hydrogens is 464 g/mol. The minimum atomic E-state index is -4.14. The summed E-state index contributed by atoms with van der Waals surface area (Å²) in [5, 5.41) is 10.8. The Hall–Kier alpha value is -1.66. The predicted octanol–water partition coefficient (Wildman–Crippen LogP) is 1.56. The number of benzene rings is 1. The van der Waals surface area contributed by atoms with Gasteiger partial charge in [-0.25, -0.2) is 0 Å². The van der Waals surface area contributed by atoms with Gasteiger partial charge >= 0.3 is 0 Å². The molecule has 0 aliphatic carbocycles. The largest absolute Gasteiger partial charge is 0.428 e. The second-order valence-corrected chi connectivity index (χ2v) is 9.24. The number of hydrogen-bond acceptors (Lipinski definition) is 8. The van der Waals surface area contributed by atoms with E-state index in [9.17, 15) is 13.2 Å². The van der Waals surface area contributed by atoms with E-state index in [0.29, 0.717) is 30.1 Å². The number of aromatic nitrogens is 2. The molecule has 1 saturated heterocycles. The Kier molecular flexibility index (Phi) is 9.37. The average Bonchev–Trinajstić information content (AvgIpc) is 3.20. The fraction of sp³-hybridized carbons (Fsp3) is 0.500. The third kappa shape index (κ3) is 8.70. The van der Waals surface area contributed by atoms with E-state index in [-0.39, 0.29) is 6.04 Å². The predicted molar refractivity (Wildman–Crippen MR) is 111 cm³/mol. The van der Waals surface area contributed by atoms with Crippen molar-refractivity contribution in [2.24, 2.45) is 11.7 Å². The molecule has 2 atom stereocenters. The minimum absolute atomic E-state index is 0.151. The van der Waals surface area contributed by atoms with Crippen molar-refractivity contribution in [3.63, 3.8) is 0 Å². The molecule has 29 heavy (non-hydrogen) atoms. The van der Waals surface area contributed by atoms with Crippen LogP contribution in [0.4, 0.5) is 0 Å². The highest BCUT2D eigenvalue weighted by Gasteiger charge is 2.22. The zero-order chi connectivity index (χ0) is 21.3. The first-order valence-corrected chi connectivity index (χ1v) is 11.6. The molecule has 1 aromatic carbocycles. The van der Waals surface area contributed by atoms with Crippen molar-refractivity contribution in [1.29, 1.82) is 0 Å². The maximum Gasteiger partial charge on any atom is 0.265 e. The van der Waals surface area contributed by atoms with Crippen LogP contribution in [-0.4, -0.2) is 54.3 Å². The Labute approximate surface area is 178 Å². The lowest BCUT2D eigenvalue weighted by Gasteiger charge is -2.27. The van der Waals surface area contributed by atoms with Gasteiger partial charge in [0.2, 0.25) is 12.3 Å². The molecule has 0 amide bonds. The van der Waals surface area contributed by atoms with Crippen LogP contribution in [0, 0.1) is 5.92 Å². The lowest BCUT2D eigenvalue weighted by Crippen LogP contribution is -2.39. The number of nitrogens with two attached hydrogens (primary N) is 1. The van der Waals surface area contributed by atoms with Gasteiger partial charge in [-0.3, -0.25) is 4.55 Å². The average molecular weight is 489 g/mol. The fourth-order valence-corrected chi connectivity index (χ4v) is 4.07. The van der Waals surface area contributed by atoms with Gasteiger partial charge in [-0.15, -0.1) is 10.2 Å². The zero-order valence-corrected chi connectivity index (χ0v) is 18.2. The third-order valence-corrected chi connectivity index (χ3v) is 5.97. The molecule has 0 saturated carbocycles. The summed E-state index contributed by atoms with van der Waals surface area (Å²) in [5.74, 6) is -0.176. The number of aldehydes is 1. The maximum atomic E-state index is 10.7. The lowest BCUT2D eigenvalue weighted by molar-refractivity contribution is -0.108. The summed E-state index contributed by atoms with van der Waals surface area (Å²) in [5.41, 5.74) is 6.65. The highest BCUT2D eigenvalue weighted by molar-refractivity contribution is 9.10. The first-order valence-electron chi connectivity index (χ1n) is 9.15. The molecular formula is C18H25BrN4O5S. The molecule has 0 bridgehead atoms. The number of nitrogens with one attached hydrogen (secondary N) is 1. The van der Waals surface area contributed by atoms with Gasteiger partial charge in [0.25, 0.3) is 10.1 Å². The van der Waals surface area contributed by atoms with Gasteiger partial charge in [0.15, 0.2) is 0 Å². The Bertz CT molecular complexity index is 840. The molecule has 1 aromatic heterocycles. The van der Waals surface area contributed by atoms with Gasteiger partial charge < -0.3 is 20.3 Å². The van der Waals surface area contributed by atoms with Crippen LogP contribution in [0.15, 0.2) is 39.5 Å². The van der Waals surface area contributed by atoms with Gasteiger partial charge in [0, 0.05) is 16.9 Å². The van der Waals surface area contributed by atoms with E-state index in [1.165, 1.54) is 6.39 Å². The lowest BCUT2D eigenvalue weighted by atomic mass is 9.89. The molecule has 0 spiro atoms. The van der Waals surface area contributed by atoms with Crippen LogP contribution in [0.5, 0.6) is 0 Å². The molecule has 2 unspecified atom stereocenters. The highest BCUT2D eigenvalue weighted by atomic mass is 79.9. The number of hydrogen-bond donors (Lipinski definition) is 3. The van der Waals surface area contributed by atoms with E-state index in [0.717, 1.165) is 30.4 Å². The van der Waals surface area contributed by atoms with E-state index in [1.807, 2.05) is 0 Å². The Morgan fingerprint density at radius 2 is 1.97 bits per heavy atom. The Morgan fingerprint density at radius 3 is 2.48 bits per heavy atom. The fourth-order valence-electron chi connectivity index (χ4n) is 3.08. The number of rotatable bonds is 7. The van der Waals surface area contributed by atoms with Crippen LogP contribution in [0.25, 0.3) is 0 Å². The number of piperidine rings is 1. The van der Waals surface area contributed by atoms with Crippen molar-refractivity contribution in [2.45, 2.75) is 31.2 Å². The van der Waals surface area contributed by atoms with Crippen molar-refractivity contribution in [3.8, 4) is 0 Å². The van der Waals surface area contributed by atoms with E-state index in [4.69, 9.17) is 14.7 Å². The third-order valence-electron chi connectivity index (χ3n) is 4.66. The highest BCUT2D eigenvalue weighted by Crippen LogP contribution is 2.19. The smallest absolute Gasteiger partial charge is 0.265 e. The summed E-state index contributed by atoms with van der Waals surface area (Å²) in [6, 6.07) is 6.83. The molecule has 9 nitrogen and oxygen atoms in total. The van der Waals surface area contributed by atoms with Crippen LogP contribution in [0.1, 0.15) is 30.2 Å². The summed E-state index contributed by atoms with van der Waals surface area (Å²) < 4.78 is 35.8. The van der Waals surface area contributed by atoms with Crippen molar-refractivity contribution < 1.29 is 22.2 Å². The Morgan fingerprint density at radius 1 is 1.31 bits per heavy atom. The second kappa shape index (κ2) is 11.5. The summed E-state index contributed by atoms with van der Waals surface area (Å²) in [6.07, 6.45) is 4.86. The number of nitrogens with zero attached hydrogens (tertiary/aromatic N) is 2. The van der Waals surface area contributed by atoms with E-state index in [1.54, 1.807) is 24.3 Å². The summed E-state index contributed by atoms with van der Waals surface area (Å²) in [6.45, 7) is 2.14. The molecule has 1 aliphatic rings. The van der Waals surface area contributed by atoms with Crippen molar-refractivity contribution >= 4 is 32.3 Å². The molecule has 11 heteroatoms. The zero-order valence-electron chi connectivity index (χ0n) is 15.8. The first kappa shape index (κ1) is 23.6. The van der Waals surface area contributed by atoms with Crippen LogP contribution < -0.4 is 11.1 Å². The monoisotopic (exact) mass is 488 g/mol. The van der Waals surface area contributed by atoms with Gasteiger partial charge in [-0.05, 0) is 49.5 Å². The van der Waals surface area contributed by atoms with Crippen LogP contribution in [0.3, 0.4) is 0 Å². The molecule has 2 aromatic rings. The topological polar surface area (TPSA) is 148 Å². The van der Waals surface area contributed by atoms with Gasteiger partial charge in [0.1, 0.15) is 6.29 Å². The van der Waals surface area contributed by atoms with E-state index < -0.39 is 21.8 Å². The van der Waals surface area contributed by atoms with Gasteiger partial charge in [-0.2, -0.15) is 8.42 Å². The maximum absolute atomic E-state index is 10.7. The van der Waals surface area contributed by atoms with Crippen LogP contribution >= 0.6 is 15.9 Å². The molecule has 2 heterocycles. The number of carbonyl (C=O) groups excluding carboxylic acids is 1. The van der Waals surface area contributed by atoms with E-state index in [2.05, 4.69) is 31.4 Å². The van der Waals surface area contributed by atoms with Crippen molar-refractivity contribution in [2.75, 3.05) is 18.8 Å². The van der Waals surface area contributed by atoms with Gasteiger partial charge in [0.05, 0.1) is 11.7 Å². The molecule has 1 aliphatic heterocycles. The quantitative estimate of drug-likeness (QED) is 0.389. The van der Waals surface area contributed by atoms with Gasteiger partial charge in [-0.1, -0.05) is 28.1 Å². The van der Waals surface area contributed by atoms with Crippen LogP contribution in [-0.2, 0) is 21.3 Å². The standard InChI is InChI=1S/C9H9BrO4S.C9H16N4O/c10-9-3-1-7(2-4-9)8(5-11)6-15(12,13)14;10-8(5-9-13-12-6-14-9)7-1-3-11-4-2-7/h1-5,8H,6H2,(H,12,13,14);6-8,11H,1-5,10H2. The summed E-state index contributed by atoms with van der Waals surface area (Å²) in [4.78, 5) is 10.7. The van der Waals surface area contributed by atoms with Crippen molar-refractivity contribution in [1.82, 2.24) is 15.5 Å². The Balaban J connectivity index is 0.000000207. The molecule has 3 rings (SSSR count). The second-order valence-electron chi connectivity index (χ2n) is 6.83. The minimum Gasteiger partial charge on any atom is -0.428 e. The molecule has 1 fully saturated rings. The number of halogens is 1. The van der Waals surface area contributed by atoms with Crippen LogP contribution in [0.2, 0.25) is 0 Å². The summed E-state index contributed by atoms with van der Waals surface area (Å²) in [7, 11) is -4.14. The SMILES string of the molecule is NC(Cc1nnco1)C1CCNCC1.O=CC(CS(=O)(=O)O)c1ccc(Br)cc1. The summed E-state index contributed by atoms with van der Waals surface area (Å²) >= 11 is 3.22. The first-order chi connectivity index (χ1) is 13.8. The molecule has 0 radical (unpaired) electrons. The molecule has 4 N–H and O–H groups in total.